The van der Waals surface area contributed by atoms with Gasteiger partial charge in [0.25, 0.3) is 0 Å². The van der Waals surface area contributed by atoms with Crippen molar-refractivity contribution in [1.29, 1.82) is 5.26 Å². The van der Waals surface area contributed by atoms with E-state index in [-0.39, 0.29) is 40.4 Å². The Kier molecular flexibility index (Phi) is 8.22. The third-order valence-corrected chi connectivity index (χ3v) is 8.10. The molecule has 0 spiro atoms. The number of hydrogen-bond acceptors (Lipinski definition) is 8. The van der Waals surface area contributed by atoms with E-state index < -0.39 is 32.9 Å². The maximum atomic E-state index is 13.4. The van der Waals surface area contributed by atoms with Crippen LogP contribution in [-0.4, -0.2) is 55.9 Å². The zero-order chi connectivity index (χ0) is 29.5. The van der Waals surface area contributed by atoms with Crippen LogP contribution in [0.15, 0.2) is 53.4 Å². The molecule has 214 valence electrons. The van der Waals surface area contributed by atoms with Gasteiger partial charge in [0, 0.05) is 38.2 Å². The van der Waals surface area contributed by atoms with Crippen molar-refractivity contribution in [2.24, 2.45) is 0 Å². The van der Waals surface area contributed by atoms with Crippen LogP contribution in [-0.2, 0) is 30.6 Å². The number of hydrogen-bond donors (Lipinski definition) is 0. The SMILES string of the molecule is CC1(C)ON(c2ccc(C#N)c(C(F)(F)F)c2)ON1C/C=C\CN1CC(c2ccc(S(C)(=O)=O)c(Cl)c2)CC1=O. The molecule has 0 aromatic heterocycles. The largest absolute Gasteiger partial charge is 0.417 e. The number of rotatable bonds is 7. The summed E-state index contributed by atoms with van der Waals surface area (Å²) in [6.07, 6.45) is 0.128. The van der Waals surface area contributed by atoms with Gasteiger partial charge < -0.3 is 4.90 Å². The molecule has 2 aliphatic heterocycles. The van der Waals surface area contributed by atoms with Crippen LogP contribution in [0.5, 0.6) is 0 Å². The first kappa shape index (κ1) is 29.8. The summed E-state index contributed by atoms with van der Waals surface area (Å²) in [5, 5.41) is 11.4. The average Bonchev–Trinajstić information content (AvgIpc) is 3.38. The summed E-state index contributed by atoms with van der Waals surface area (Å²) in [6, 6.07) is 9.36. The first-order chi connectivity index (χ1) is 18.6. The highest BCUT2D eigenvalue weighted by molar-refractivity contribution is 7.90. The second-order valence-corrected chi connectivity index (χ2v) is 12.3. The van der Waals surface area contributed by atoms with Crippen molar-refractivity contribution in [2.45, 2.75) is 43.0 Å². The maximum absolute atomic E-state index is 13.4. The number of nitriles is 1. The van der Waals surface area contributed by atoms with Crippen LogP contribution in [0.3, 0.4) is 0 Å². The molecule has 1 amide bonds. The monoisotopic (exact) mass is 598 g/mol. The zero-order valence-corrected chi connectivity index (χ0v) is 23.3. The molecule has 14 heteroatoms. The van der Waals surface area contributed by atoms with Crippen molar-refractivity contribution in [3.63, 3.8) is 0 Å². The van der Waals surface area contributed by atoms with Crippen LogP contribution < -0.4 is 5.23 Å². The summed E-state index contributed by atoms with van der Waals surface area (Å²) >= 11 is 6.16. The fraction of sp³-hybridized carbons (Fsp3) is 0.385. The van der Waals surface area contributed by atoms with Crippen LogP contribution in [0.2, 0.25) is 5.02 Å². The van der Waals surface area contributed by atoms with Gasteiger partial charge in [-0.15, -0.1) is 10.3 Å². The lowest BCUT2D eigenvalue weighted by atomic mass is 9.98. The summed E-state index contributed by atoms with van der Waals surface area (Å²) in [4.78, 5) is 25.6. The lowest BCUT2D eigenvalue weighted by Crippen LogP contribution is -2.38. The van der Waals surface area contributed by atoms with Crippen LogP contribution in [0, 0.1) is 11.3 Å². The minimum absolute atomic E-state index is 0.0377. The van der Waals surface area contributed by atoms with Crippen molar-refractivity contribution in [3.05, 3.63) is 70.3 Å². The van der Waals surface area contributed by atoms with E-state index in [9.17, 15) is 26.4 Å². The van der Waals surface area contributed by atoms with Crippen molar-refractivity contribution < 1.29 is 36.2 Å². The van der Waals surface area contributed by atoms with E-state index in [0.717, 1.165) is 29.2 Å². The summed E-state index contributed by atoms with van der Waals surface area (Å²) in [7, 11) is -3.46. The number of amides is 1. The number of alkyl halides is 3. The quantitative estimate of drug-likeness (QED) is 0.417. The van der Waals surface area contributed by atoms with E-state index >= 15 is 0 Å². The summed E-state index contributed by atoms with van der Waals surface area (Å²) < 4.78 is 63.7. The maximum Gasteiger partial charge on any atom is 0.417 e. The normalized spacial score (nSPS) is 20.1. The standard InChI is InChI=1S/C26H26ClF3N4O5S/c1-25(2)33(39-34(38-25)20-8-6-18(15-31)21(14-20)26(28,29)30)11-5-4-10-32-16-19(13-24(32)35)17-7-9-23(22(27)12-17)40(3,36)37/h4-9,12,14,19H,10-11,13,16H2,1-3H3/b5-4-. The predicted octanol–water partition coefficient (Wildman–Crippen LogP) is 4.84. The number of benzene rings is 2. The first-order valence-corrected chi connectivity index (χ1v) is 14.4. The topological polar surface area (TPSA) is 103 Å². The van der Waals surface area contributed by atoms with Gasteiger partial charge in [0.15, 0.2) is 15.6 Å². The molecular weight excluding hydrogens is 573 g/mol. The number of halogens is 4. The smallest absolute Gasteiger partial charge is 0.338 e. The lowest BCUT2D eigenvalue weighted by molar-refractivity contribution is -0.158. The molecule has 2 aromatic carbocycles. The van der Waals surface area contributed by atoms with E-state index in [1.807, 2.05) is 0 Å². The van der Waals surface area contributed by atoms with Crippen LogP contribution >= 0.6 is 11.6 Å². The Morgan fingerprint density at radius 1 is 1.18 bits per heavy atom. The number of hydroxylamine groups is 2. The second kappa shape index (κ2) is 11.0. The number of anilines is 1. The third-order valence-electron chi connectivity index (χ3n) is 6.52. The van der Waals surface area contributed by atoms with Gasteiger partial charge in [-0.25, -0.2) is 13.3 Å². The number of likely N-dealkylation sites (tertiary alicyclic amines) is 1. The fourth-order valence-corrected chi connectivity index (χ4v) is 5.74. The molecule has 2 aliphatic rings. The summed E-state index contributed by atoms with van der Waals surface area (Å²) in [5.41, 5.74) is -1.91. The van der Waals surface area contributed by atoms with E-state index in [1.165, 1.54) is 23.3 Å². The zero-order valence-electron chi connectivity index (χ0n) is 21.8. The molecule has 0 N–H and O–H groups in total. The number of nitrogens with zero attached hydrogens (tertiary/aromatic N) is 4. The van der Waals surface area contributed by atoms with Gasteiger partial charge in [0.2, 0.25) is 5.91 Å². The molecule has 0 aliphatic carbocycles. The van der Waals surface area contributed by atoms with Crippen molar-refractivity contribution in [1.82, 2.24) is 9.96 Å². The minimum atomic E-state index is -4.73. The Morgan fingerprint density at radius 2 is 1.88 bits per heavy atom. The van der Waals surface area contributed by atoms with Gasteiger partial charge in [-0.05, 0) is 49.7 Å². The predicted molar refractivity (Wildman–Crippen MR) is 139 cm³/mol. The Bertz CT molecular complexity index is 1490. The van der Waals surface area contributed by atoms with Gasteiger partial charge in [0.05, 0.1) is 32.8 Å². The van der Waals surface area contributed by atoms with E-state index in [0.29, 0.717) is 13.1 Å². The molecule has 1 unspecified atom stereocenters. The first-order valence-electron chi connectivity index (χ1n) is 12.1. The molecule has 0 saturated carbocycles. The molecule has 2 saturated heterocycles. The third kappa shape index (κ3) is 6.42. The molecule has 4 rings (SSSR count). The van der Waals surface area contributed by atoms with Gasteiger partial charge in [-0.1, -0.05) is 29.8 Å². The molecule has 2 aromatic rings. The fourth-order valence-electron chi connectivity index (χ4n) is 4.40. The highest BCUT2D eigenvalue weighted by atomic mass is 35.5. The molecular formula is C26H26ClF3N4O5S. The Labute approximate surface area is 234 Å². The Morgan fingerprint density at radius 3 is 2.50 bits per heavy atom. The lowest BCUT2D eigenvalue weighted by Gasteiger charge is -2.22. The molecule has 2 heterocycles. The van der Waals surface area contributed by atoms with Crippen molar-refractivity contribution in [3.8, 4) is 6.07 Å². The van der Waals surface area contributed by atoms with E-state index in [2.05, 4.69) is 0 Å². The molecule has 9 nitrogen and oxygen atoms in total. The minimum Gasteiger partial charge on any atom is -0.338 e. The number of carbonyl (C=O) groups is 1. The van der Waals surface area contributed by atoms with Gasteiger partial charge in [-0.3, -0.25) is 4.79 Å². The van der Waals surface area contributed by atoms with E-state index in [1.54, 1.807) is 43.0 Å². The van der Waals surface area contributed by atoms with Crippen LogP contribution in [0.4, 0.5) is 18.9 Å². The highest BCUT2D eigenvalue weighted by Gasteiger charge is 2.42. The number of carbonyl (C=O) groups excluding carboxylic acids is 1. The second-order valence-electron chi connectivity index (χ2n) is 9.91. The summed E-state index contributed by atoms with van der Waals surface area (Å²) in [6.45, 7) is 4.28. The van der Waals surface area contributed by atoms with Crippen molar-refractivity contribution >= 4 is 33.0 Å². The van der Waals surface area contributed by atoms with Gasteiger partial charge in [-0.2, -0.15) is 23.4 Å². The van der Waals surface area contributed by atoms with Crippen molar-refractivity contribution in [2.75, 3.05) is 31.1 Å². The molecule has 40 heavy (non-hydrogen) atoms. The van der Waals surface area contributed by atoms with E-state index in [4.69, 9.17) is 26.6 Å². The number of sulfone groups is 1. The van der Waals surface area contributed by atoms with Crippen LogP contribution in [0.25, 0.3) is 0 Å². The highest BCUT2D eigenvalue weighted by Crippen LogP contribution is 2.37. The molecule has 0 bridgehead atoms. The van der Waals surface area contributed by atoms with Crippen LogP contribution in [0.1, 0.15) is 42.9 Å². The van der Waals surface area contributed by atoms with Gasteiger partial charge in [0.1, 0.15) is 0 Å². The molecule has 2 fully saturated rings. The Balaban J connectivity index is 1.36. The molecule has 0 radical (unpaired) electrons. The summed E-state index contributed by atoms with van der Waals surface area (Å²) in [5.74, 6) is -0.199. The molecule has 1 atom stereocenters. The Hall–Kier alpha value is -3.15. The average molecular weight is 599 g/mol. The van der Waals surface area contributed by atoms with Gasteiger partial charge >= 0.3 is 6.18 Å².